The van der Waals surface area contributed by atoms with Gasteiger partial charge in [0.1, 0.15) is 12.0 Å². The second kappa shape index (κ2) is 5.13. The van der Waals surface area contributed by atoms with Crippen LogP contribution in [0.3, 0.4) is 0 Å². The topological polar surface area (TPSA) is 62.0 Å². The van der Waals surface area contributed by atoms with Crippen molar-refractivity contribution in [3.05, 3.63) is 24.3 Å². The molecule has 1 aromatic rings. The van der Waals surface area contributed by atoms with Gasteiger partial charge in [0.25, 0.3) is 0 Å². The minimum Gasteiger partial charge on any atom is -0.306 e. The molecule has 1 heterocycles. The first kappa shape index (κ1) is 9.51. The standard InChI is InChI=1S/C9H12N4/c1-2-4-12-9(6-10)8-3-5-11-7-13-8/h3,5-7,10H,2,4H2,1H3. The molecule has 1 N–H and O–H groups in total. The Morgan fingerprint density at radius 2 is 2.54 bits per heavy atom. The Bertz CT molecular complexity index is 292. The summed E-state index contributed by atoms with van der Waals surface area (Å²) >= 11 is 0. The summed E-state index contributed by atoms with van der Waals surface area (Å²) in [7, 11) is 0. The third kappa shape index (κ3) is 2.74. The molecular weight excluding hydrogens is 164 g/mol. The van der Waals surface area contributed by atoms with Crippen LogP contribution >= 0.6 is 0 Å². The fourth-order valence-corrected chi connectivity index (χ4v) is 0.875. The Balaban J connectivity index is 2.84. The van der Waals surface area contributed by atoms with E-state index in [1.165, 1.54) is 12.5 Å². The molecule has 0 saturated heterocycles. The highest BCUT2D eigenvalue weighted by Crippen LogP contribution is 1.94. The summed E-state index contributed by atoms with van der Waals surface area (Å²) < 4.78 is 0. The van der Waals surface area contributed by atoms with Crippen LogP contribution in [0.2, 0.25) is 0 Å². The van der Waals surface area contributed by atoms with Crippen molar-refractivity contribution in [1.29, 1.82) is 5.41 Å². The Morgan fingerprint density at radius 1 is 1.69 bits per heavy atom. The molecular formula is C9H12N4. The molecule has 0 atom stereocenters. The van der Waals surface area contributed by atoms with Crippen molar-refractivity contribution in [3.63, 3.8) is 0 Å². The van der Waals surface area contributed by atoms with Crippen LogP contribution in [0.4, 0.5) is 0 Å². The Hall–Kier alpha value is -1.58. The first-order valence-electron chi connectivity index (χ1n) is 4.19. The van der Waals surface area contributed by atoms with Crippen molar-refractivity contribution in [2.45, 2.75) is 13.3 Å². The predicted octanol–water partition coefficient (Wildman–Crippen LogP) is 1.33. The van der Waals surface area contributed by atoms with E-state index in [1.807, 2.05) is 6.92 Å². The zero-order chi connectivity index (χ0) is 9.52. The van der Waals surface area contributed by atoms with E-state index in [4.69, 9.17) is 5.41 Å². The van der Waals surface area contributed by atoms with Gasteiger partial charge in [-0.2, -0.15) is 0 Å². The molecule has 0 amide bonds. The Kier molecular flexibility index (Phi) is 3.75. The fourth-order valence-electron chi connectivity index (χ4n) is 0.875. The number of aliphatic imine (C=N–C) groups is 1. The highest BCUT2D eigenvalue weighted by Gasteiger charge is 1.98. The van der Waals surface area contributed by atoms with Crippen LogP contribution in [0.1, 0.15) is 19.0 Å². The molecule has 4 heteroatoms. The highest BCUT2D eigenvalue weighted by molar-refractivity contribution is 6.36. The number of aromatic nitrogens is 2. The van der Waals surface area contributed by atoms with Crippen molar-refractivity contribution in [3.8, 4) is 0 Å². The van der Waals surface area contributed by atoms with E-state index >= 15 is 0 Å². The lowest BCUT2D eigenvalue weighted by Crippen LogP contribution is -2.05. The molecule has 0 spiro atoms. The average molecular weight is 176 g/mol. The predicted molar refractivity (Wildman–Crippen MR) is 52.5 cm³/mol. The number of rotatable bonds is 4. The van der Waals surface area contributed by atoms with E-state index in [0.717, 1.165) is 13.0 Å². The molecule has 1 aromatic heterocycles. The molecule has 0 fully saturated rings. The second-order valence-electron chi connectivity index (χ2n) is 2.51. The highest BCUT2D eigenvalue weighted by atomic mass is 14.8. The Morgan fingerprint density at radius 3 is 3.08 bits per heavy atom. The molecule has 0 aliphatic carbocycles. The number of nitrogens with one attached hydrogen (secondary N) is 1. The van der Waals surface area contributed by atoms with Gasteiger partial charge in [-0.1, -0.05) is 6.92 Å². The fraction of sp³-hybridized carbons (Fsp3) is 0.333. The molecule has 4 nitrogen and oxygen atoms in total. The minimum atomic E-state index is 0.615. The molecule has 0 saturated carbocycles. The summed E-state index contributed by atoms with van der Waals surface area (Å²) in [6.07, 6.45) is 5.30. The monoisotopic (exact) mass is 176 g/mol. The zero-order valence-electron chi connectivity index (χ0n) is 7.57. The lowest BCUT2D eigenvalue weighted by molar-refractivity contribution is 0.933. The Labute approximate surface area is 77.3 Å². The van der Waals surface area contributed by atoms with E-state index in [9.17, 15) is 0 Å². The molecule has 68 valence electrons. The van der Waals surface area contributed by atoms with Crippen molar-refractivity contribution in [2.24, 2.45) is 4.99 Å². The lowest BCUT2D eigenvalue weighted by atomic mass is 10.3. The van der Waals surface area contributed by atoms with Crippen molar-refractivity contribution >= 4 is 11.9 Å². The van der Waals surface area contributed by atoms with Gasteiger partial charge in [-0.05, 0) is 12.5 Å². The maximum absolute atomic E-state index is 7.16. The van der Waals surface area contributed by atoms with Gasteiger partial charge in [-0.25, -0.2) is 9.97 Å². The van der Waals surface area contributed by atoms with Gasteiger partial charge in [0.05, 0.1) is 5.69 Å². The van der Waals surface area contributed by atoms with E-state index in [2.05, 4.69) is 15.0 Å². The SMILES string of the molecule is CCCN=C(C=N)c1ccncn1. The van der Waals surface area contributed by atoms with Gasteiger partial charge in [-0.3, -0.25) is 4.99 Å². The third-order valence-corrected chi connectivity index (χ3v) is 1.49. The molecule has 1 rings (SSSR count). The van der Waals surface area contributed by atoms with Crippen LogP contribution in [0.5, 0.6) is 0 Å². The van der Waals surface area contributed by atoms with E-state index < -0.39 is 0 Å². The van der Waals surface area contributed by atoms with Gasteiger partial charge < -0.3 is 5.41 Å². The van der Waals surface area contributed by atoms with Gasteiger partial charge in [-0.15, -0.1) is 0 Å². The van der Waals surface area contributed by atoms with Crippen LogP contribution in [-0.2, 0) is 0 Å². The largest absolute Gasteiger partial charge is 0.306 e. The first-order valence-corrected chi connectivity index (χ1v) is 4.19. The lowest BCUT2D eigenvalue weighted by Gasteiger charge is -1.97. The quantitative estimate of drug-likeness (QED) is 0.703. The molecule has 0 unspecified atom stereocenters. The van der Waals surface area contributed by atoms with Crippen LogP contribution in [0.25, 0.3) is 0 Å². The summed E-state index contributed by atoms with van der Waals surface area (Å²) in [5.74, 6) is 0. The van der Waals surface area contributed by atoms with Crippen LogP contribution in [-0.4, -0.2) is 28.4 Å². The van der Waals surface area contributed by atoms with Gasteiger partial charge in [0, 0.05) is 19.0 Å². The number of hydrogen-bond acceptors (Lipinski definition) is 4. The summed E-state index contributed by atoms with van der Waals surface area (Å²) in [6, 6.07) is 1.75. The molecule has 0 radical (unpaired) electrons. The van der Waals surface area contributed by atoms with Gasteiger partial charge in [0.15, 0.2) is 0 Å². The average Bonchev–Trinajstić information content (AvgIpc) is 2.21. The number of nitrogens with zero attached hydrogens (tertiary/aromatic N) is 3. The van der Waals surface area contributed by atoms with Gasteiger partial charge >= 0.3 is 0 Å². The molecule has 0 aromatic carbocycles. The second-order valence-corrected chi connectivity index (χ2v) is 2.51. The van der Waals surface area contributed by atoms with Crippen LogP contribution in [0, 0.1) is 5.41 Å². The summed E-state index contributed by atoms with van der Waals surface area (Å²) in [5, 5.41) is 7.16. The first-order chi connectivity index (χ1) is 6.38. The third-order valence-electron chi connectivity index (χ3n) is 1.49. The van der Waals surface area contributed by atoms with Crippen molar-refractivity contribution < 1.29 is 0 Å². The van der Waals surface area contributed by atoms with Crippen molar-refractivity contribution in [2.75, 3.05) is 6.54 Å². The minimum absolute atomic E-state index is 0.615. The zero-order valence-corrected chi connectivity index (χ0v) is 7.57. The molecule has 0 aliphatic heterocycles. The molecule has 0 bridgehead atoms. The van der Waals surface area contributed by atoms with E-state index in [-0.39, 0.29) is 0 Å². The van der Waals surface area contributed by atoms with Crippen molar-refractivity contribution in [1.82, 2.24) is 9.97 Å². The summed E-state index contributed by atoms with van der Waals surface area (Å²) in [5.41, 5.74) is 1.32. The number of hydrogen-bond donors (Lipinski definition) is 1. The van der Waals surface area contributed by atoms with E-state index in [0.29, 0.717) is 11.4 Å². The molecule has 0 aliphatic rings. The van der Waals surface area contributed by atoms with Gasteiger partial charge in [0.2, 0.25) is 0 Å². The van der Waals surface area contributed by atoms with Crippen LogP contribution < -0.4 is 0 Å². The maximum atomic E-state index is 7.16. The normalized spacial score (nSPS) is 11.3. The maximum Gasteiger partial charge on any atom is 0.116 e. The molecule has 13 heavy (non-hydrogen) atoms. The summed E-state index contributed by atoms with van der Waals surface area (Å²) in [4.78, 5) is 12.0. The van der Waals surface area contributed by atoms with E-state index in [1.54, 1.807) is 12.3 Å². The summed E-state index contributed by atoms with van der Waals surface area (Å²) in [6.45, 7) is 2.78. The van der Waals surface area contributed by atoms with Crippen LogP contribution in [0.15, 0.2) is 23.6 Å². The smallest absolute Gasteiger partial charge is 0.116 e.